The standard InChI is InChI=1S/C8H10O3/c1-11-7-3-2-6(5-9)8(10)4-7/h2-4,9-10H,5H2,1H3/p-1. The van der Waals surface area contributed by atoms with Gasteiger partial charge in [-0.3, -0.25) is 0 Å². The maximum atomic E-state index is 11.0. The first-order valence-electron chi connectivity index (χ1n) is 3.22. The number of methoxy groups -OCH3 is 1. The van der Waals surface area contributed by atoms with E-state index in [-0.39, 0.29) is 12.4 Å². The molecule has 0 fully saturated rings. The van der Waals surface area contributed by atoms with Crippen molar-refractivity contribution in [2.24, 2.45) is 0 Å². The fourth-order valence-corrected chi connectivity index (χ4v) is 0.792. The summed E-state index contributed by atoms with van der Waals surface area (Å²) in [5, 5.41) is 19.6. The van der Waals surface area contributed by atoms with Gasteiger partial charge in [-0.1, -0.05) is 11.8 Å². The maximum Gasteiger partial charge on any atom is 0.118 e. The fraction of sp³-hybridized carbons (Fsp3) is 0.250. The molecule has 3 heteroatoms. The summed E-state index contributed by atoms with van der Waals surface area (Å²) in [6, 6.07) is 4.56. The number of rotatable bonds is 2. The van der Waals surface area contributed by atoms with Crippen LogP contribution in [-0.2, 0) is 6.61 Å². The van der Waals surface area contributed by atoms with Crippen LogP contribution in [0, 0.1) is 0 Å². The molecule has 0 unspecified atom stereocenters. The fourth-order valence-electron chi connectivity index (χ4n) is 0.792. The molecule has 0 spiro atoms. The first-order valence-corrected chi connectivity index (χ1v) is 3.22. The van der Waals surface area contributed by atoms with Crippen LogP contribution in [0.5, 0.6) is 11.5 Å². The topological polar surface area (TPSA) is 52.5 Å². The summed E-state index contributed by atoms with van der Waals surface area (Å²) in [5.74, 6) is 0.332. The molecule has 0 atom stereocenters. The van der Waals surface area contributed by atoms with E-state index in [2.05, 4.69) is 0 Å². The molecule has 0 aliphatic heterocycles. The third-order valence-corrected chi connectivity index (χ3v) is 1.44. The van der Waals surface area contributed by atoms with Crippen LogP contribution in [-0.4, -0.2) is 12.2 Å². The van der Waals surface area contributed by atoms with Crippen molar-refractivity contribution in [2.75, 3.05) is 7.11 Å². The van der Waals surface area contributed by atoms with Crippen molar-refractivity contribution in [2.45, 2.75) is 6.61 Å². The van der Waals surface area contributed by atoms with Crippen LogP contribution in [0.2, 0.25) is 0 Å². The van der Waals surface area contributed by atoms with E-state index in [1.54, 1.807) is 12.1 Å². The second kappa shape index (κ2) is 3.25. The molecule has 0 amide bonds. The summed E-state index contributed by atoms with van der Waals surface area (Å²) in [6.45, 7) is -0.219. The minimum absolute atomic E-state index is 0.188. The molecule has 1 aromatic rings. The van der Waals surface area contributed by atoms with Gasteiger partial charge < -0.3 is 14.9 Å². The van der Waals surface area contributed by atoms with Gasteiger partial charge in [-0.25, -0.2) is 0 Å². The molecular weight excluding hydrogens is 144 g/mol. The van der Waals surface area contributed by atoms with Gasteiger partial charge in [0.2, 0.25) is 0 Å². The average molecular weight is 153 g/mol. The highest BCUT2D eigenvalue weighted by molar-refractivity contribution is 5.38. The van der Waals surface area contributed by atoms with Crippen molar-refractivity contribution in [3.05, 3.63) is 23.8 Å². The van der Waals surface area contributed by atoms with Gasteiger partial charge in [0.05, 0.1) is 13.7 Å². The molecule has 11 heavy (non-hydrogen) atoms. The molecule has 60 valence electrons. The maximum absolute atomic E-state index is 11.0. The molecule has 0 saturated carbocycles. The second-order valence-electron chi connectivity index (χ2n) is 2.13. The zero-order valence-corrected chi connectivity index (χ0v) is 6.20. The van der Waals surface area contributed by atoms with Gasteiger partial charge in [0.1, 0.15) is 5.75 Å². The molecule has 1 rings (SSSR count). The van der Waals surface area contributed by atoms with Gasteiger partial charge in [0.15, 0.2) is 0 Å². The zero-order valence-electron chi connectivity index (χ0n) is 6.20. The number of benzene rings is 1. The number of hydrogen-bond acceptors (Lipinski definition) is 3. The highest BCUT2D eigenvalue weighted by atomic mass is 16.5. The number of aliphatic hydroxyl groups is 1. The largest absolute Gasteiger partial charge is 0.872 e. The normalized spacial score (nSPS) is 9.64. The second-order valence-corrected chi connectivity index (χ2v) is 2.13. The Morgan fingerprint density at radius 1 is 1.55 bits per heavy atom. The highest BCUT2D eigenvalue weighted by Gasteiger charge is 1.93. The van der Waals surface area contributed by atoms with Gasteiger partial charge in [-0.15, -0.1) is 0 Å². The molecule has 0 saturated heterocycles. The van der Waals surface area contributed by atoms with Crippen LogP contribution >= 0.6 is 0 Å². The van der Waals surface area contributed by atoms with Crippen molar-refractivity contribution >= 4 is 0 Å². The lowest BCUT2D eigenvalue weighted by Gasteiger charge is -2.12. The number of hydrogen-bond donors (Lipinski definition) is 1. The Hall–Kier alpha value is -1.22. The van der Waals surface area contributed by atoms with Crippen molar-refractivity contribution in [3.8, 4) is 11.5 Å². The minimum Gasteiger partial charge on any atom is -0.872 e. The summed E-state index contributed by atoms with van der Waals surface area (Å²) in [5.41, 5.74) is 0.394. The predicted octanol–water partition coefficient (Wildman–Crippen LogP) is 0.261. The van der Waals surface area contributed by atoms with E-state index in [0.717, 1.165) is 0 Å². The van der Waals surface area contributed by atoms with E-state index in [1.807, 2.05) is 0 Å². The Morgan fingerprint density at radius 3 is 2.73 bits per heavy atom. The molecular formula is C8H9O3-. The van der Waals surface area contributed by atoms with E-state index >= 15 is 0 Å². The summed E-state index contributed by atoms with van der Waals surface area (Å²) in [6.07, 6.45) is 0. The first-order chi connectivity index (χ1) is 5.27. The average Bonchev–Trinajstić information content (AvgIpc) is 2.04. The summed E-state index contributed by atoms with van der Waals surface area (Å²) >= 11 is 0. The van der Waals surface area contributed by atoms with E-state index in [4.69, 9.17) is 9.84 Å². The number of ether oxygens (including phenoxy) is 1. The van der Waals surface area contributed by atoms with E-state index in [9.17, 15) is 5.11 Å². The molecule has 1 N–H and O–H groups in total. The first kappa shape index (κ1) is 7.88. The van der Waals surface area contributed by atoms with Crippen molar-refractivity contribution in [1.29, 1.82) is 0 Å². The smallest absolute Gasteiger partial charge is 0.118 e. The minimum atomic E-state index is -0.219. The van der Waals surface area contributed by atoms with Crippen LogP contribution in [0.25, 0.3) is 0 Å². The lowest BCUT2D eigenvalue weighted by Crippen LogP contribution is -1.97. The lowest BCUT2D eigenvalue weighted by molar-refractivity contribution is -0.270. The molecule has 0 bridgehead atoms. The van der Waals surface area contributed by atoms with E-state index < -0.39 is 0 Å². The predicted molar refractivity (Wildman–Crippen MR) is 38.4 cm³/mol. The summed E-state index contributed by atoms with van der Waals surface area (Å²) in [7, 11) is 1.49. The molecule has 0 radical (unpaired) electrons. The quantitative estimate of drug-likeness (QED) is 0.663. The van der Waals surface area contributed by atoms with Crippen LogP contribution in [0.15, 0.2) is 18.2 Å². The molecule has 0 aliphatic carbocycles. The Morgan fingerprint density at radius 2 is 2.27 bits per heavy atom. The zero-order chi connectivity index (χ0) is 8.27. The SMILES string of the molecule is COc1ccc(CO)c([O-])c1. The Labute approximate surface area is 64.9 Å². The lowest BCUT2D eigenvalue weighted by atomic mass is 10.2. The van der Waals surface area contributed by atoms with Gasteiger partial charge in [-0.2, -0.15) is 0 Å². The Bertz CT molecular complexity index is 245. The van der Waals surface area contributed by atoms with Crippen LogP contribution in [0.1, 0.15) is 5.56 Å². The van der Waals surface area contributed by atoms with E-state index in [0.29, 0.717) is 11.3 Å². The van der Waals surface area contributed by atoms with Crippen LogP contribution < -0.4 is 9.84 Å². The molecule has 0 heterocycles. The third kappa shape index (κ3) is 1.62. The van der Waals surface area contributed by atoms with Crippen molar-refractivity contribution in [3.63, 3.8) is 0 Å². The van der Waals surface area contributed by atoms with Gasteiger partial charge in [0, 0.05) is 0 Å². The molecule has 1 aromatic carbocycles. The van der Waals surface area contributed by atoms with Crippen molar-refractivity contribution < 1.29 is 14.9 Å². The van der Waals surface area contributed by atoms with Crippen LogP contribution in [0.3, 0.4) is 0 Å². The summed E-state index contributed by atoms with van der Waals surface area (Å²) < 4.78 is 4.81. The monoisotopic (exact) mass is 153 g/mol. The van der Waals surface area contributed by atoms with Gasteiger partial charge >= 0.3 is 0 Å². The Balaban J connectivity index is 2.99. The highest BCUT2D eigenvalue weighted by Crippen LogP contribution is 2.20. The van der Waals surface area contributed by atoms with Crippen molar-refractivity contribution in [1.82, 2.24) is 0 Å². The summed E-state index contributed by atoms with van der Waals surface area (Å²) in [4.78, 5) is 0. The van der Waals surface area contributed by atoms with Crippen LogP contribution in [0.4, 0.5) is 0 Å². The Kier molecular flexibility index (Phi) is 2.33. The molecule has 0 aliphatic rings. The molecule has 3 nitrogen and oxygen atoms in total. The van der Waals surface area contributed by atoms with Gasteiger partial charge in [0.25, 0.3) is 0 Å². The third-order valence-electron chi connectivity index (χ3n) is 1.44. The van der Waals surface area contributed by atoms with Gasteiger partial charge in [-0.05, 0) is 17.7 Å². The van der Waals surface area contributed by atoms with E-state index in [1.165, 1.54) is 13.2 Å². The number of aliphatic hydroxyl groups excluding tert-OH is 1. The molecule has 0 aromatic heterocycles.